The minimum atomic E-state index is 0.383. The first kappa shape index (κ1) is 38.6. The molecule has 284 valence electrons. The highest BCUT2D eigenvalue weighted by atomic mass is 16.5. The summed E-state index contributed by atoms with van der Waals surface area (Å²) in [5.74, 6) is 3.32. The predicted molar refractivity (Wildman–Crippen MR) is 219 cm³/mol. The van der Waals surface area contributed by atoms with Gasteiger partial charge < -0.3 is 23.8 Å². The van der Waals surface area contributed by atoms with Gasteiger partial charge in [-0.05, 0) is 133 Å². The van der Waals surface area contributed by atoms with Crippen LogP contribution in [0.2, 0.25) is 0 Å². The Bertz CT molecular complexity index is 1990. The fourth-order valence-electron chi connectivity index (χ4n) is 7.79. The highest BCUT2D eigenvalue weighted by Gasteiger charge is 2.26. The number of anilines is 1. The van der Waals surface area contributed by atoms with Crippen molar-refractivity contribution in [2.45, 2.75) is 78.4 Å². The fourth-order valence-corrected chi connectivity index (χ4v) is 7.79. The van der Waals surface area contributed by atoms with Crippen molar-refractivity contribution in [3.8, 4) is 45.5 Å². The lowest BCUT2D eigenvalue weighted by Crippen LogP contribution is -2.44. The maximum absolute atomic E-state index is 5.75. The largest absolute Gasteiger partial charge is 0.497 e. The van der Waals surface area contributed by atoms with Crippen molar-refractivity contribution in [1.82, 2.24) is 14.9 Å². The van der Waals surface area contributed by atoms with Crippen molar-refractivity contribution in [2.24, 2.45) is 0 Å². The summed E-state index contributed by atoms with van der Waals surface area (Å²) in [5.41, 5.74) is 11.4. The summed E-state index contributed by atoms with van der Waals surface area (Å²) < 4.78 is 22.8. The van der Waals surface area contributed by atoms with Crippen LogP contribution in [0.1, 0.15) is 67.3 Å². The Labute approximate surface area is 322 Å². The molecule has 3 aromatic carbocycles. The Morgan fingerprint density at radius 1 is 0.667 bits per heavy atom. The number of benzene rings is 3. The van der Waals surface area contributed by atoms with Gasteiger partial charge in [0.2, 0.25) is 0 Å². The third kappa shape index (κ3) is 8.99. The lowest BCUT2D eigenvalue weighted by molar-refractivity contribution is 0.201. The van der Waals surface area contributed by atoms with E-state index in [-0.39, 0.29) is 0 Å². The minimum absolute atomic E-state index is 0.383. The molecule has 1 fully saturated rings. The predicted octanol–water partition coefficient (Wildman–Crippen LogP) is 9.73. The second-order valence-electron chi connectivity index (χ2n) is 14.3. The number of methoxy groups -OCH3 is 4. The van der Waals surface area contributed by atoms with E-state index >= 15 is 0 Å². The molecule has 0 aliphatic carbocycles. The molecule has 0 N–H and O–H groups in total. The zero-order chi connectivity index (χ0) is 38.0. The molecular weight excluding hydrogens is 673 g/mol. The molecular formula is C46H56N4O4. The van der Waals surface area contributed by atoms with Gasteiger partial charge in [-0.3, -0.25) is 14.9 Å². The fraction of sp³-hybridized carbons (Fsp3) is 0.391. The molecule has 2 aromatic heterocycles. The SMILES string of the molecule is CCCc1cc(-c2cc(CN3CCC(N(Cc4ccnc(-c5cc(CCC)c(OC)c(OC)c5)c4)c4ccc(OC)cc4)CC3)ccn2)cc(OC)c1C. The quantitative estimate of drug-likeness (QED) is 0.0995. The number of hydrogen-bond donors (Lipinski definition) is 0. The van der Waals surface area contributed by atoms with Crippen LogP contribution in [0.15, 0.2) is 85.2 Å². The topological polar surface area (TPSA) is 69.2 Å². The van der Waals surface area contributed by atoms with Crippen LogP contribution in [0, 0.1) is 6.92 Å². The minimum Gasteiger partial charge on any atom is -0.497 e. The van der Waals surface area contributed by atoms with Crippen LogP contribution < -0.4 is 23.8 Å². The van der Waals surface area contributed by atoms with Crippen molar-refractivity contribution >= 4 is 5.69 Å². The number of likely N-dealkylation sites (tertiary alicyclic amines) is 1. The Morgan fingerprint density at radius 2 is 1.26 bits per heavy atom. The first-order chi connectivity index (χ1) is 26.4. The van der Waals surface area contributed by atoms with Crippen molar-refractivity contribution in [1.29, 1.82) is 0 Å². The van der Waals surface area contributed by atoms with E-state index in [0.717, 1.165) is 116 Å². The zero-order valence-corrected chi connectivity index (χ0v) is 33.2. The molecule has 0 spiro atoms. The molecule has 5 aromatic rings. The Hall–Kier alpha value is -5.08. The maximum Gasteiger partial charge on any atom is 0.163 e. The van der Waals surface area contributed by atoms with Gasteiger partial charge in [0, 0.05) is 61.4 Å². The maximum atomic E-state index is 5.75. The molecule has 0 atom stereocenters. The summed E-state index contributed by atoms with van der Waals surface area (Å²) in [6, 6.07) is 26.3. The second-order valence-corrected chi connectivity index (χ2v) is 14.3. The Balaban J connectivity index is 1.20. The van der Waals surface area contributed by atoms with E-state index in [1.54, 1.807) is 28.4 Å². The van der Waals surface area contributed by atoms with Crippen molar-refractivity contribution in [3.63, 3.8) is 0 Å². The molecule has 0 bridgehead atoms. The number of pyridine rings is 2. The number of nitrogens with zero attached hydrogens (tertiary/aromatic N) is 4. The third-order valence-electron chi connectivity index (χ3n) is 10.7. The van der Waals surface area contributed by atoms with Crippen LogP contribution in [0.4, 0.5) is 5.69 Å². The first-order valence-electron chi connectivity index (χ1n) is 19.3. The number of rotatable bonds is 16. The van der Waals surface area contributed by atoms with Gasteiger partial charge in [0.25, 0.3) is 0 Å². The van der Waals surface area contributed by atoms with Gasteiger partial charge in [-0.2, -0.15) is 0 Å². The number of hydrogen-bond acceptors (Lipinski definition) is 8. The van der Waals surface area contributed by atoms with Crippen molar-refractivity contribution in [2.75, 3.05) is 46.4 Å². The summed E-state index contributed by atoms with van der Waals surface area (Å²) in [7, 11) is 6.87. The molecule has 3 heterocycles. The van der Waals surface area contributed by atoms with Gasteiger partial charge in [-0.25, -0.2) is 0 Å². The molecule has 1 saturated heterocycles. The summed E-state index contributed by atoms with van der Waals surface area (Å²) in [5, 5.41) is 0. The average molecular weight is 729 g/mol. The summed E-state index contributed by atoms with van der Waals surface area (Å²) in [4.78, 5) is 14.7. The average Bonchev–Trinajstić information content (AvgIpc) is 3.21. The van der Waals surface area contributed by atoms with E-state index in [9.17, 15) is 0 Å². The van der Waals surface area contributed by atoms with Crippen LogP contribution in [-0.4, -0.2) is 62.4 Å². The summed E-state index contributed by atoms with van der Waals surface area (Å²) >= 11 is 0. The van der Waals surface area contributed by atoms with E-state index in [2.05, 4.69) is 97.3 Å². The molecule has 0 unspecified atom stereocenters. The van der Waals surface area contributed by atoms with Crippen LogP contribution in [0.25, 0.3) is 22.5 Å². The van der Waals surface area contributed by atoms with Crippen LogP contribution in [-0.2, 0) is 25.9 Å². The number of piperidine rings is 1. The lowest BCUT2D eigenvalue weighted by atomic mass is 9.97. The van der Waals surface area contributed by atoms with Crippen LogP contribution >= 0.6 is 0 Å². The van der Waals surface area contributed by atoms with Crippen molar-refractivity contribution < 1.29 is 18.9 Å². The molecule has 0 saturated carbocycles. The standard InChI is InChI=1S/C46H56N4O4/c1-8-10-35-26-37(28-44(52-5)32(35)3)42-24-33(16-20-47-42)30-49-22-18-40(19-23-49)50(39-12-14-41(51-4)15-13-39)31-34-17-21-48-43(25-34)38-27-36(11-9-2)46(54-7)45(29-38)53-6/h12-17,20-21,24-29,40H,8-11,18-19,22-23,30-31H2,1-7H3. The van der Waals surface area contributed by atoms with Crippen molar-refractivity contribution in [3.05, 3.63) is 113 Å². The van der Waals surface area contributed by atoms with Crippen LogP contribution in [0.3, 0.4) is 0 Å². The highest BCUT2D eigenvalue weighted by Crippen LogP contribution is 2.37. The normalized spacial score (nSPS) is 13.5. The summed E-state index contributed by atoms with van der Waals surface area (Å²) in [6.45, 7) is 10.2. The van der Waals surface area contributed by atoms with E-state index in [4.69, 9.17) is 28.9 Å². The Kier molecular flexibility index (Phi) is 13.1. The smallest absolute Gasteiger partial charge is 0.163 e. The highest BCUT2D eigenvalue weighted by molar-refractivity contribution is 5.68. The van der Waals surface area contributed by atoms with Gasteiger partial charge in [0.05, 0.1) is 39.8 Å². The van der Waals surface area contributed by atoms with Gasteiger partial charge in [-0.1, -0.05) is 26.7 Å². The molecule has 1 aliphatic rings. The molecule has 8 heteroatoms. The molecule has 0 amide bonds. The molecule has 1 aliphatic heterocycles. The van der Waals surface area contributed by atoms with Gasteiger partial charge in [0.15, 0.2) is 11.5 Å². The molecule has 0 radical (unpaired) electrons. The number of ether oxygens (including phenoxy) is 4. The monoisotopic (exact) mass is 728 g/mol. The van der Waals surface area contributed by atoms with E-state index < -0.39 is 0 Å². The van der Waals surface area contributed by atoms with Gasteiger partial charge >= 0.3 is 0 Å². The summed E-state index contributed by atoms with van der Waals surface area (Å²) in [6.07, 6.45) is 10.0. The second kappa shape index (κ2) is 18.3. The van der Waals surface area contributed by atoms with E-state index in [1.807, 2.05) is 18.5 Å². The molecule has 6 rings (SSSR count). The Morgan fingerprint density at radius 3 is 1.87 bits per heavy atom. The van der Waals surface area contributed by atoms with Crippen LogP contribution in [0.5, 0.6) is 23.0 Å². The van der Waals surface area contributed by atoms with Gasteiger partial charge in [-0.15, -0.1) is 0 Å². The molecule has 54 heavy (non-hydrogen) atoms. The first-order valence-corrected chi connectivity index (χ1v) is 19.3. The van der Waals surface area contributed by atoms with Gasteiger partial charge in [0.1, 0.15) is 11.5 Å². The molecule has 8 nitrogen and oxygen atoms in total. The lowest BCUT2D eigenvalue weighted by Gasteiger charge is -2.40. The third-order valence-corrected chi connectivity index (χ3v) is 10.7. The number of aromatic nitrogens is 2. The number of aryl methyl sites for hydroxylation is 2. The van der Waals surface area contributed by atoms with E-state index in [0.29, 0.717) is 6.04 Å². The van der Waals surface area contributed by atoms with E-state index in [1.165, 1.54) is 27.9 Å². The zero-order valence-electron chi connectivity index (χ0n) is 33.2.